The number of aromatic nitrogens is 1. The van der Waals surface area contributed by atoms with E-state index in [0.29, 0.717) is 11.8 Å². The SMILES string of the molecule is CC(N)(CO)Cc1c[nH]c2cccc(F)c12. The van der Waals surface area contributed by atoms with Crippen LogP contribution < -0.4 is 5.73 Å². The van der Waals surface area contributed by atoms with Crippen LogP contribution in [0.25, 0.3) is 10.9 Å². The first-order valence-corrected chi connectivity index (χ1v) is 5.18. The van der Waals surface area contributed by atoms with Crippen molar-refractivity contribution in [3.63, 3.8) is 0 Å². The topological polar surface area (TPSA) is 62.0 Å². The first kappa shape index (κ1) is 11.1. The lowest BCUT2D eigenvalue weighted by Crippen LogP contribution is -2.42. The lowest BCUT2D eigenvalue weighted by Gasteiger charge is -2.21. The molecule has 4 N–H and O–H groups in total. The van der Waals surface area contributed by atoms with Gasteiger partial charge < -0.3 is 15.8 Å². The standard InChI is InChI=1S/C12H15FN2O/c1-12(14,7-16)5-8-6-15-10-4-2-3-9(13)11(8)10/h2-4,6,15-16H,5,7,14H2,1H3. The summed E-state index contributed by atoms with van der Waals surface area (Å²) in [6.45, 7) is 1.61. The van der Waals surface area contributed by atoms with Crippen molar-refractivity contribution in [2.24, 2.45) is 5.73 Å². The van der Waals surface area contributed by atoms with Gasteiger partial charge in [0.05, 0.1) is 6.61 Å². The lowest BCUT2D eigenvalue weighted by molar-refractivity contribution is 0.208. The number of rotatable bonds is 3. The summed E-state index contributed by atoms with van der Waals surface area (Å²) < 4.78 is 13.6. The second kappa shape index (κ2) is 3.88. The Bertz CT molecular complexity index is 505. The molecule has 0 spiro atoms. The Morgan fingerprint density at radius 2 is 2.25 bits per heavy atom. The zero-order valence-corrected chi connectivity index (χ0v) is 9.13. The van der Waals surface area contributed by atoms with Crippen molar-refractivity contribution in [3.05, 3.63) is 35.8 Å². The van der Waals surface area contributed by atoms with Crippen LogP contribution in [0.5, 0.6) is 0 Å². The fraction of sp³-hybridized carbons (Fsp3) is 0.333. The molecule has 1 atom stereocenters. The molecule has 2 aromatic rings. The van der Waals surface area contributed by atoms with Gasteiger partial charge in [0.2, 0.25) is 0 Å². The average Bonchev–Trinajstić information content (AvgIpc) is 2.62. The number of aliphatic hydroxyl groups excluding tert-OH is 1. The molecule has 1 heterocycles. The number of hydrogen-bond acceptors (Lipinski definition) is 2. The maximum Gasteiger partial charge on any atom is 0.132 e. The van der Waals surface area contributed by atoms with Crippen LogP contribution in [0.2, 0.25) is 0 Å². The van der Waals surface area contributed by atoms with Gasteiger partial charge in [-0.3, -0.25) is 0 Å². The van der Waals surface area contributed by atoms with Crippen molar-refractivity contribution in [1.82, 2.24) is 4.98 Å². The second-order valence-corrected chi connectivity index (χ2v) is 4.47. The summed E-state index contributed by atoms with van der Waals surface area (Å²) in [5, 5.41) is 9.67. The van der Waals surface area contributed by atoms with E-state index in [1.807, 2.05) is 6.07 Å². The van der Waals surface area contributed by atoms with Gasteiger partial charge in [0.1, 0.15) is 5.82 Å². The molecular formula is C12H15FN2O. The molecule has 16 heavy (non-hydrogen) atoms. The van der Waals surface area contributed by atoms with E-state index in [9.17, 15) is 4.39 Å². The van der Waals surface area contributed by atoms with Crippen LogP contribution in [-0.2, 0) is 6.42 Å². The van der Waals surface area contributed by atoms with E-state index in [0.717, 1.165) is 11.1 Å². The van der Waals surface area contributed by atoms with Crippen molar-refractivity contribution in [2.45, 2.75) is 18.9 Å². The number of fused-ring (bicyclic) bond motifs is 1. The average molecular weight is 222 g/mol. The van der Waals surface area contributed by atoms with Gasteiger partial charge in [0.15, 0.2) is 0 Å². The third-order valence-electron chi connectivity index (χ3n) is 2.69. The Kier molecular flexibility index (Phi) is 2.69. The van der Waals surface area contributed by atoms with Crippen molar-refractivity contribution in [2.75, 3.05) is 6.61 Å². The molecule has 0 aliphatic carbocycles. The number of nitrogens with one attached hydrogen (secondary N) is 1. The molecule has 1 unspecified atom stereocenters. The highest BCUT2D eigenvalue weighted by Crippen LogP contribution is 2.24. The van der Waals surface area contributed by atoms with Gasteiger partial charge in [-0.25, -0.2) is 4.39 Å². The fourth-order valence-corrected chi connectivity index (χ4v) is 1.84. The molecule has 0 bridgehead atoms. The van der Waals surface area contributed by atoms with Crippen LogP contribution in [0.1, 0.15) is 12.5 Å². The summed E-state index contributed by atoms with van der Waals surface area (Å²) in [7, 11) is 0. The van der Waals surface area contributed by atoms with E-state index in [1.54, 1.807) is 19.2 Å². The Morgan fingerprint density at radius 1 is 1.50 bits per heavy atom. The lowest BCUT2D eigenvalue weighted by atomic mass is 9.94. The molecular weight excluding hydrogens is 207 g/mol. The summed E-state index contributed by atoms with van der Waals surface area (Å²) in [5.41, 5.74) is 6.69. The maximum atomic E-state index is 13.6. The van der Waals surface area contributed by atoms with Crippen LogP contribution in [0, 0.1) is 5.82 Å². The van der Waals surface area contributed by atoms with E-state index in [2.05, 4.69) is 4.98 Å². The predicted octanol–water partition coefficient (Wildman–Crippen LogP) is 1.56. The molecule has 0 saturated heterocycles. The van der Waals surface area contributed by atoms with E-state index in [1.165, 1.54) is 6.07 Å². The van der Waals surface area contributed by atoms with Gasteiger partial charge in [-0.2, -0.15) is 0 Å². The van der Waals surface area contributed by atoms with Gasteiger partial charge >= 0.3 is 0 Å². The van der Waals surface area contributed by atoms with Crippen molar-refractivity contribution in [3.8, 4) is 0 Å². The summed E-state index contributed by atoms with van der Waals surface area (Å²) in [4.78, 5) is 3.00. The smallest absolute Gasteiger partial charge is 0.132 e. The monoisotopic (exact) mass is 222 g/mol. The fourth-order valence-electron chi connectivity index (χ4n) is 1.84. The van der Waals surface area contributed by atoms with E-state index in [-0.39, 0.29) is 12.4 Å². The Labute approximate surface area is 93.1 Å². The molecule has 3 nitrogen and oxygen atoms in total. The van der Waals surface area contributed by atoms with Gasteiger partial charge in [-0.05, 0) is 31.0 Å². The number of benzene rings is 1. The zero-order chi connectivity index (χ0) is 11.8. The number of aliphatic hydroxyl groups is 1. The van der Waals surface area contributed by atoms with Gasteiger partial charge in [0, 0.05) is 22.6 Å². The molecule has 2 rings (SSSR count). The molecule has 1 aromatic carbocycles. The zero-order valence-electron chi connectivity index (χ0n) is 9.13. The first-order chi connectivity index (χ1) is 7.53. The highest BCUT2D eigenvalue weighted by Gasteiger charge is 2.20. The molecule has 0 aliphatic rings. The third kappa shape index (κ3) is 1.94. The molecule has 0 aliphatic heterocycles. The molecule has 0 radical (unpaired) electrons. The minimum atomic E-state index is -0.725. The summed E-state index contributed by atoms with van der Waals surface area (Å²) in [5.74, 6) is -0.262. The number of hydrogen-bond donors (Lipinski definition) is 3. The number of aromatic amines is 1. The number of halogens is 1. The van der Waals surface area contributed by atoms with Gasteiger partial charge in [0.25, 0.3) is 0 Å². The van der Waals surface area contributed by atoms with Crippen molar-refractivity contribution < 1.29 is 9.50 Å². The van der Waals surface area contributed by atoms with E-state index < -0.39 is 5.54 Å². The predicted molar refractivity (Wildman–Crippen MR) is 61.6 cm³/mol. The minimum absolute atomic E-state index is 0.131. The third-order valence-corrected chi connectivity index (χ3v) is 2.69. The second-order valence-electron chi connectivity index (χ2n) is 4.47. The maximum absolute atomic E-state index is 13.6. The normalized spacial score (nSPS) is 15.2. The summed E-state index contributed by atoms with van der Waals surface area (Å²) in [6.07, 6.45) is 2.18. The largest absolute Gasteiger partial charge is 0.394 e. The first-order valence-electron chi connectivity index (χ1n) is 5.18. The summed E-state index contributed by atoms with van der Waals surface area (Å²) >= 11 is 0. The Morgan fingerprint density at radius 3 is 2.94 bits per heavy atom. The van der Waals surface area contributed by atoms with Crippen LogP contribution in [0.4, 0.5) is 4.39 Å². The van der Waals surface area contributed by atoms with Crippen molar-refractivity contribution >= 4 is 10.9 Å². The summed E-state index contributed by atoms with van der Waals surface area (Å²) in [6, 6.07) is 4.90. The van der Waals surface area contributed by atoms with Crippen LogP contribution >= 0.6 is 0 Å². The minimum Gasteiger partial charge on any atom is -0.394 e. The molecule has 86 valence electrons. The van der Waals surface area contributed by atoms with Crippen molar-refractivity contribution in [1.29, 1.82) is 0 Å². The van der Waals surface area contributed by atoms with E-state index in [4.69, 9.17) is 10.8 Å². The van der Waals surface area contributed by atoms with Crippen LogP contribution in [-0.4, -0.2) is 22.2 Å². The number of nitrogens with two attached hydrogens (primary N) is 1. The van der Waals surface area contributed by atoms with E-state index >= 15 is 0 Å². The molecule has 0 saturated carbocycles. The quantitative estimate of drug-likeness (QED) is 0.738. The molecule has 1 aromatic heterocycles. The molecule has 0 fully saturated rings. The van der Waals surface area contributed by atoms with Gasteiger partial charge in [-0.15, -0.1) is 0 Å². The van der Waals surface area contributed by atoms with Gasteiger partial charge in [-0.1, -0.05) is 6.07 Å². The Hall–Kier alpha value is -1.39. The van der Waals surface area contributed by atoms with Crippen LogP contribution in [0.15, 0.2) is 24.4 Å². The highest BCUT2D eigenvalue weighted by atomic mass is 19.1. The molecule has 0 amide bonds. The highest BCUT2D eigenvalue weighted by molar-refractivity contribution is 5.83. The number of H-pyrrole nitrogens is 1. The molecule has 4 heteroatoms. The van der Waals surface area contributed by atoms with Crippen LogP contribution in [0.3, 0.4) is 0 Å². The Balaban J connectivity index is 2.46.